The van der Waals surface area contributed by atoms with Crippen molar-refractivity contribution in [1.82, 2.24) is 20.0 Å². The molecule has 0 aromatic carbocycles. The summed E-state index contributed by atoms with van der Waals surface area (Å²) in [4.78, 5) is 39.8. The minimum absolute atomic E-state index is 0.0104. The Kier molecular flexibility index (Phi) is 5.38. The summed E-state index contributed by atoms with van der Waals surface area (Å²) in [6.45, 7) is 4.65. The van der Waals surface area contributed by atoms with Gasteiger partial charge in [0.1, 0.15) is 0 Å². The molecule has 2 aliphatic rings. The van der Waals surface area contributed by atoms with Crippen LogP contribution in [0.25, 0.3) is 0 Å². The molecule has 0 atom stereocenters. The zero-order chi connectivity index (χ0) is 15.2. The highest BCUT2D eigenvalue weighted by Gasteiger charge is 2.26. The van der Waals surface area contributed by atoms with Crippen molar-refractivity contribution in [2.75, 3.05) is 52.4 Å². The Hall–Kier alpha value is -1.83. The summed E-state index contributed by atoms with van der Waals surface area (Å²) in [5.74, 6) is -0.806. The van der Waals surface area contributed by atoms with E-state index in [2.05, 4.69) is 10.2 Å². The van der Waals surface area contributed by atoms with Crippen LogP contribution >= 0.6 is 0 Å². The van der Waals surface area contributed by atoms with E-state index in [1.54, 1.807) is 9.80 Å². The highest BCUT2D eigenvalue weighted by molar-refractivity contribution is 5.79. The monoisotopic (exact) mass is 298 g/mol. The standard InChI is InChI=1S/C13H22N4O4/c18-11-1-5-16(6-3-14-11)13(21)17-9-7-15(8-10-17)4-2-12(19)20/h1-10H2,(H,14,18)(H,19,20). The fourth-order valence-corrected chi connectivity index (χ4v) is 2.57. The second-order valence-electron chi connectivity index (χ2n) is 5.34. The molecule has 0 radical (unpaired) electrons. The molecule has 21 heavy (non-hydrogen) atoms. The Morgan fingerprint density at radius 3 is 2.38 bits per heavy atom. The van der Waals surface area contributed by atoms with Crippen molar-refractivity contribution in [1.29, 1.82) is 0 Å². The summed E-state index contributed by atoms with van der Waals surface area (Å²) in [7, 11) is 0. The number of hydrogen-bond donors (Lipinski definition) is 2. The normalized spacial score (nSPS) is 20.9. The number of piperazine rings is 1. The molecule has 0 aromatic rings. The maximum Gasteiger partial charge on any atom is 0.320 e. The van der Waals surface area contributed by atoms with E-state index in [-0.39, 0.29) is 18.4 Å². The molecule has 2 aliphatic heterocycles. The van der Waals surface area contributed by atoms with Gasteiger partial charge in [-0.3, -0.25) is 14.5 Å². The van der Waals surface area contributed by atoms with Crippen molar-refractivity contribution in [3.05, 3.63) is 0 Å². The van der Waals surface area contributed by atoms with Gasteiger partial charge < -0.3 is 20.2 Å². The fraction of sp³-hybridized carbons (Fsp3) is 0.769. The SMILES string of the molecule is O=C(O)CCN1CCN(C(=O)N2CCNC(=O)CC2)CC1. The molecule has 0 bridgehead atoms. The van der Waals surface area contributed by atoms with Gasteiger partial charge in [0.15, 0.2) is 0 Å². The van der Waals surface area contributed by atoms with Gasteiger partial charge in [-0.05, 0) is 0 Å². The van der Waals surface area contributed by atoms with Crippen molar-refractivity contribution >= 4 is 17.9 Å². The third kappa shape index (κ3) is 4.59. The first-order valence-corrected chi connectivity index (χ1v) is 7.31. The first-order valence-electron chi connectivity index (χ1n) is 7.31. The molecule has 0 aromatic heterocycles. The molecule has 2 heterocycles. The zero-order valence-electron chi connectivity index (χ0n) is 12.1. The van der Waals surface area contributed by atoms with Gasteiger partial charge in [-0.15, -0.1) is 0 Å². The molecular formula is C13H22N4O4. The number of carbonyl (C=O) groups excluding carboxylic acids is 2. The Balaban J connectivity index is 1.77. The summed E-state index contributed by atoms with van der Waals surface area (Å²) in [5, 5.41) is 11.4. The predicted molar refractivity (Wildman–Crippen MR) is 74.9 cm³/mol. The number of carbonyl (C=O) groups is 3. The molecule has 8 nitrogen and oxygen atoms in total. The third-order valence-corrected chi connectivity index (χ3v) is 3.87. The third-order valence-electron chi connectivity index (χ3n) is 3.87. The molecule has 2 saturated heterocycles. The van der Waals surface area contributed by atoms with Crippen LogP contribution in [0.1, 0.15) is 12.8 Å². The molecule has 3 amide bonds. The van der Waals surface area contributed by atoms with Gasteiger partial charge in [0, 0.05) is 58.8 Å². The molecule has 0 spiro atoms. The van der Waals surface area contributed by atoms with Crippen molar-refractivity contribution in [3.8, 4) is 0 Å². The molecule has 0 unspecified atom stereocenters. The van der Waals surface area contributed by atoms with E-state index in [9.17, 15) is 14.4 Å². The van der Waals surface area contributed by atoms with Crippen LogP contribution in [0.4, 0.5) is 4.79 Å². The van der Waals surface area contributed by atoms with Gasteiger partial charge >= 0.3 is 12.0 Å². The minimum atomic E-state index is -0.796. The number of hydrogen-bond acceptors (Lipinski definition) is 4. The van der Waals surface area contributed by atoms with E-state index in [1.165, 1.54) is 0 Å². The summed E-state index contributed by atoms with van der Waals surface area (Å²) in [6.07, 6.45) is 0.484. The maximum absolute atomic E-state index is 12.4. The molecule has 118 valence electrons. The van der Waals surface area contributed by atoms with Crippen LogP contribution < -0.4 is 5.32 Å². The molecule has 0 aliphatic carbocycles. The van der Waals surface area contributed by atoms with E-state index in [4.69, 9.17) is 5.11 Å². The van der Waals surface area contributed by atoms with Crippen LogP contribution in [0.3, 0.4) is 0 Å². The average Bonchev–Trinajstić information content (AvgIpc) is 2.69. The number of aliphatic carboxylic acids is 1. The summed E-state index contributed by atoms with van der Waals surface area (Å²) >= 11 is 0. The lowest BCUT2D eigenvalue weighted by molar-refractivity contribution is -0.137. The van der Waals surface area contributed by atoms with E-state index in [0.717, 1.165) is 0 Å². The van der Waals surface area contributed by atoms with Crippen molar-refractivity contribution < 1.29 is 19.5 Å². The highest BCUT2D eigenvalue weighted by Crippen LogP contribution is 2.08. The van der Waals surface area contributed by atoms with Crippen molar-refractivity contribution in [3.63, 3.8) is 0 Å². The van der Waals surface area contributed by atoms with Crippen molar-refractivity contribution in [2.24, 2.45) is 0 Å². The fourth-order valence-electron chi connectivity index (χ4n) is 2.57. The van der Waals surface area contributed by atoms with Gasteiger partial charge in [0.25, 0.3) is 0 Å². The molecule has 2 rings (SSSR count). The molecule has 2 fully saturated rings. The number of amides is 3. The summed E-state index contributed by atoms with van der Waals surface area (Å²) < 4.78 is 0. The second kappa shape index (κ2) is 7.26. The van der Waals surface area contributed by atoms with Crippen LogP contribution in [0.15, 0.2) is 0 Å². The summed E-state index contributed by atoms with van der Waals surface area (Å²) in [5.41, 5.74) is 0. The van der Waals surface area contributed by atoms with Crippen molar-refractivity contribution in [2.45, 2.75) is 12.8 Å². The number of nitrogens with one attached hydrogen (secondary N) is 1. The quantitative estimate of drug-likeness (QED) is 0.698. The number of nitrogens with zero attached hydrogens (tertiary/aromatic N) is 3. The minimum Gasteiger partial charge on any atom is -0.481 e. The van der Waals surface area contributed by atoms with Gasteiger partial charge in [-0.2, -0.15) is 0 Å². The Bertz CT molecular complexity index is 407. The van der Waals surface area contributed by atoms with Gasteiger partial charge in [0.2, 0.25) is 5.91 Å². The number of carboxylic acid groups (broad SMARTS) is 1. The lowest BCUT2D eigenvalue weighted by atomic mass is 10.3. The Labute approximate surface area is 123 Å². The van der Waals surface area contributed by atoms with Crippen LogP contribution in [0, 0.1) is 0 Å². The zero-order valence-corrected chi connectivity index (χ0v) is 12.1. The first kappa shape index (κ1) is 15.6. The van der Waals surface area contributed by atoms with Crippen LogP contribution in [-0.2, 0) is 9.59 Å². The topological polar surface area (TPSA) is 93.2 Å². The smallest absolute Gasteiger partial charge is 0.320 e. The number of urea groups is 1. The molecule has 2 N–H and O–H groups in total. The van der Waals surface area contributed by atoms with E-state index in [0.29, 0.717) is 58.8 Å². The van der Waals surface area contributed by atoms with E-state index >= 15 is 0 Å². The lowest BCUT2D eigenvalue weighted by Crippen LogP contribution is -2.53. The predicted octanol–water partition coefficient (Wildman–Crippen LogP) is -0.979. The lowest BCUT2D eigenvalue weighted by Gasteiger charge is -2.37. The Morgan fingerprint density at radius 2 is 1.71 bits per heavy atom. The summed E-state index contributed by atoms with van der Waals surface area (Å²) in [6, 6.07) is -0.0237. The molecule has 0 saturated carbocycles. The van der Waals surface area contributed by atoms with Crippen LogP contribution in [0.2, 0.25) is 0 Å². The average molecular weight is 298 g/mol. The van der Waals surface area contributed by atoms with Gasteiger partial charge in [0.05, 0.1) is 6.42 Å². The van der Waals surface area contributed by atoms with E-state index in [1.807, 2.05) is 0 Å². The molecule has 8 heteroatoms. The van der Waals surface area contributed by atoms with Crippen LogP contribution in [-0.4, -0.2) is 90.1 Å². The molecular weight excluding hydrogens is 276 g/mol. The highest BCUT2D eigenvalue weighted by atomic mass is 16.4. The second-order valence-corrected chi connectivity index (χ2v) is 5.34. The maximum atomic E-state index is 12.4. The number of rotatable bonds is 3. The van der Waals surface area contributed by atoms with E-state index < -0.39 is 5.97 Å². The number of carboxylic acids is 1. The van der Waals surface area contributed by atoms with Gasteiger partial charge in [-0.25, -0.2) is 4.79 Å². The van der Waals surface area contributed by atoms with Crippen LogP contribution in [0.5, 0.6) is 0 Å². The largest absolute Gasteiger partial charge is 0.481 e. The first-order chi connectivity index (χ1) is 10.1. The van der Waals surface area contributed by atoms with Gasteiger partial charge in [-0.1, -0.05) is 0 Å². The Morgan fingerprint density at radius 1 is 1.05 bits per heavy atom.